The summed E-state index contributed by atoms with van der Waals surface area (Å²) in [5.41, 5.74) is 0.947. The van der Waals surface area contributed by atoms with Crippen molar-refractivity contribution in [2.75, 3.05) is 11.7 Å². The monoisotopic (exact) mass is 359 g/mol. The maximum atomic E-state index is 14.0. The van der Waals surface area contributed by atoms with Crippen LogP contribution in [0.4, 0.5) is 10.1 Å². The number of ether oxygens (including phenoxy) is 2. The molecule has 1 amide bonds. The van der Waals surface area contributed by atoms with Crippen molar-refractivity contribution in [3.63, 3.8) is 0 Å². The van der Waals surface area contributed by atoms with Gasteiger partial charge in [-0.1, -0.05) is 42.2 Å². The molecule has 120 valence electrons. The molecule has 1 saturated heterocycles. The summed E-state index contributed by atoms with van der Waals surface area (Å²) in [4.78, 5) is 14.3. The summed E-state index contributed by atoms with van der Waals surface area (Å²) in [5, 5.41) is 0. The van der Waals surface area contributed by atoms with Crippen LogP contribution in [0, 0.1) is 5.82 Å². The average molecular weight is 359 g/mol. The van der Waals surface area contributed by atoms with Crippen LogP contribution in [0.15, 0.2) is 47.4 Å². The van der Waals surface area contributed by atoms with E-state index in [2.05, 4.69) is 0 Å². The Morgan fingerprint density at radius 2 is 1.96 bits per heavy atom. The van der Waals surface area contributed by atoms with Gasteiger partial charge < -0.3 is 9.47 Å². The van der Waals surface area contributed by atoms with Crippen molar-refractivity contribution in [3.8, 4) is 11.5 Å². The lowest BCUT2D eigenvalue weighted by Crippen LogP contribution is -2.28. The van der Waals surface area contributed by atoms with Crippen LogP contribution in [0.1, 0.15) is 5.56 Å². The molecule has 0 radical (unpaired) electrons. The van der Waals surface area contributed by atoms with E-state index in [0.717, 1.165) is 17.3 Å². The van der Waals surface area contributed by atoms with Gasteiger partial charge in [-0.3, -0.25) is 9.69 Å². The van der Waals surface area contributed by atoms with Gasteiger partial charge >= 0.3 is 0 Å². The molecule has 2 aliphatic heterocycles. The Morgan fingerprint density at radius 3 is 2.79 bits per heavy atom. The van der Waals surface area contributed by atoms with E-state index in [0.29, 0.717) is 20.7 Å². The van der Waals surface area contributed by atoms with E-state index in [9.17, 15) is 9.18 Å². The Hall–Kier alpha value is -2.38. The number of thioether (sulfide) groups is 1. The normalized spacial score (nSPS) is 17.9. The molecule has 0 atom stereocenters. The molecule has 0 aromatic heterocycles. The highest BCUT2D eigenvalue weighted by atomic mass is 32.2. The van der Waals surface area contributed by atoms with Crippen LogP contribution < -0.4 is 14.4 Å². The molecule has 1 fully saturated rings. The zero-order valence-electron chi connectivity index (χ0n) is 12.2. The summed E-state index contributed by atoms with van der Waals surface area (Å²) in [7, 11) is 0. The number of hydrogen-bond donors (Lipinski definition) is 0. The summed E-state index contributed by atoms with van der Waals surface area (Å²) < 4.78 is 24.9. The third-order valence-corrected chi connectivity index (χ3v) is 4.88. The molecule has 2 aromatic carbocycles. The molecule has 7 heteroatoms. The van der Waals surface area contributed by atoms with Gasteiger partial charge in [0.2, 0.25) is 6.79 Å². The summed E-state index contributed by atoms with van der Waals surface area (Å²) >= 11 is 6.39. The highest BCUT2D eigenvalue weighted by Gasteiger charge is 2.34. The van der Waals surface area contributed by atoms with E-state index >= 15 is 0 Å². The number of para-hydroxylation sites is 1. The van der Waals surface area contributed by atoms with Crippen LogP contribution in [-0.4, -0.2) is 17.0 Å². The van der Waals surface area contributed by atoms with Crippen LogP contribution in [0.2, 0.25) is 0 Å². The van der Waals surface area contributed by atoms with Crippen LogP contribution >= 0.6 is 24.0 Å². The zero-order valence-corrected chi connectivity index (χ0v) is 13.8. The first kappa shape index (κ1) is 15.2. The zero-order chi connectivity index (χ0) is 16.7. The van der Waals surface area contributed by atoms with Crippen LogP contribution in [0.5, 0.6) is 11.5 Å². The Bertz CT molecular complexity index is 897. The smallest absolute Gasteiger partial charge is 0.270 e. The van der Waals surface area contributed by atoms with Crippen molar-refractivity contribution in [1.82, 2.24) is 0 Å². The molecule has 0 N–H and O–H groups in total. The number of amides is 1. The highest BCUT2D eigenvalue weighted by Crippen LogP contribution is 2.38. The van der Waals surface area contributed by atoms with Crippen molar-refractivity contribution in [2.24, 2.45) is 0 Å². The molecule has 0 saturated carbocycles. The van der Waals surface area contributed by atoms with E-state index in [4.69, 9.17) is 21.7 Å². The first-order valence-corrected chi connectivity index (χ1v) is 8.28. The van der Waals surface area contributed by atoms with Gasteiger partial charge in [0.05, 0.1) is 10.6 Å². The third-order valence-electron chi connectivity index (χ3n) is 3.58. The van der Waals surface area contributed by atoms with Gasteiger partial charge in [-0.2, -0.15) is 0 Å². The molecule has 4 nitrogen and oxygen atoms in total. The van der Waals surface area contributed by atoms with Gasteiger partial charge in [-0.25, -0.2) is 4.39 Å². The van der Waals surface area contributed by atoms with Crippen LogP contribution in [0.3, 0.4) is 0 Å². The van der Waals surface area contributed by atoms with E-state index < -0.39 is 5.82 Å². The van der Waals surface area contributed by atoms with Gasteiger partial charge in [0.1, 0.15) is 5.82 Å². The number of benzene rings is 2. The van der Waals surface area contributed by atoms with Gasteiger partial charge in [0, 0.05) is 0 Å². The molecule has 0 aliphatic carbocycles. The number of thiocarbonyl (C=S) groups is 1. The molecule has 2 aromatic rings. The van der Waals surface area contributed by atoms with Crippen molar-refractivity contribution >= 4 is 46.0 Å². The third kappa shape index (κ3) is 2.55. The highest BCUT2D eigenvalue weighted by molar-refractivity contribution is 8.27. The van der Waals surface area contributed by atoms with E-state index in [1.54, 1.807) is 30.3 Å². The molecule has 2 heterocycles. The van der Waals surface area contributed by atoms with E-state index in [1.165, 1.54) is 17.0 Å². The minimum absolute atomic E-state index is 0.161. The van der Waals surface area contributed by atoms with Crippen molar-refractivity contribution in [3.05, 3.63) is 58.8 Å². The number of anilines is 1. The number of fused-ring (bicyclic) bond motifs is 1. The Morgan fingerprint density at radius 1 is 1.17 bits per heavy atom. The number of carbonyl (C=O) groups is 1. The van der Waals surface area contributed by atoms with Gasteiger partial charge in [-0.05, 0) is 35.9 Å². The van der Waals surface area contributed by atoms with Gasteiger partial charge in [0.15, 0.2) is 15.8 Å². The summed E-state index contributed by atoms with van der Waals surface area (Å²) in [6.45, 7) is 0.189. The second-order valence-electron chi connectivity index (χ2n) is 5.08. The lowest BCUT2D eigenvalue weighted by atomic mass is 10.2. The predicted molar refractivity (Wildman–Crippen MR) is 94.6 cm³/mol. The first-order chi connectivity index (χ1) is 11.6. The maximum absolute atomic E-state index is 14.0. The molecule has 4 rings (SSSR count). The second-order valence-corrected chi connectivity index (χ2v) is 6.76. The minimum Gasteiger partial charge on any atom is -0.454 e. The van der Waals surface area contributed by atoms with Crippen LogP contribution in [-0.2, 0) is 4.79 Å². The van der Waals surface area contributed by atoms with Gasteiger partial charge in [0.25, 0.3) is 5.91 Å². The molecular weight excluding hydrogens is 349 g/mol. The van der Waals surface area contributed by atoms with E-state index in [-0.39, 0.29) is 18.4 Å². The standard InChI is InChI=1S/C17H10FNO3S2/c18-11-3-1-2-4-12(11)19-16(20)15(24-17(19)23)8-10-5-6-13-14(7-10)22-9-21-13/h1-8H,9H2. The van der Waals surface area contributed by atoms with E-state index in [1.807, 2.05) is 6.07 Å². The maximum Gasteiger partial charge on any atom is 0.270 e. The number of halogens is 1. The fraction of sp³-hybridized carbons (Fsp3) is 0.0588. The fourth-order valence-corrected chi connectivity index (χ4v) is 3.75. The second kappa shape index (κ2) is 5.92. The van der Waals surface area contributed by atoms with Crippen molar-refractivity contribution in [1.29, 1.82) is 0 Å². The Kier molecular flexibility index (Phi) is 3.74. The number of hydrogen-bond acceptors (Lipinski definition) is 5. The molecule has 0 bridgehead atoms. The molecule has 0 unspecified atom stereocenters. The van der Waals surface area contributed by atoms with Crippen LogP contribution in [0.25, 0.3) is 6.08 Å². The molecule has 24 heavy (non-hydrogen) atoms. The van der Waals surface area contributed by atoms with Crippen molar-refractivity contribution < 1.29 is 18.7 Å². The number of nitrogens with zero attached hydrogens (tertiary/aromatic N) is 1. The Labute approximate surface area is 146 Å². The topological polar surface area (TPSA) is 38.8 Å². The molecule has 0 spiro atoms. The van der Waals surface area contributed by atoms with Gasteiger partial charge in [-0.15, -0.1) is 0 Å². The first-order valence-electron chi connectivity index (χ1n) is 7.05. The predicted octanol–water partition coefficient (Wildman–Crippen LogP) is 3.96. The molecular formula is C17H10FNO3S2. The van der Waals surface area contributed by atoms with Crippen molar-refractivity contribution in [2.45, 2.75) is 0 Å². The number of rotatable bonds is 2. The largest absolute Gasteiger partial charge is 0.454 e. The SMILES string of the molecule is O=C1C(=Cc2ccc3c(c2)OCO3)SC(=S)N1c1ccccc1F. The minimum atomic E-state index is -0.488. The number of carbonyl (C=O) groups excluding carboxylic acids is 1. The lowest BCUT2D eigenvalue weighted by Gasteiger charge is -2.14. The molecule has 2 aliphatic rings. The fourth-order valence-electron chi connectivity index (χ4n) is 2.46. The lowest BCUT2D eigenvalue weighted by molar-refractivity contribution is -0.113. The Balaban J connectivity index is 1.67. The average Bonchev–Trinajstić information content (AvgIpc) is 3.13. The summed E-state index contributed by atoms with van der Waals surface area (Å²) in [6, 6.07) is 11.5. The summed E-state index contributed by atoms with van der Waals surface area (Å²) in [5.74, 6) is 0.477. The quantitative estimate of drug-likeness (QED) is 0.599. The summed E-state index contributed by atoms with van der Waals surface area (Å²) in [6.07, 6.45) is 1.71.